The second kappa shape index (κ2) is 5.69. The molecule has 0 aliphatic carbocycles. The number of hydrogen-bond acceptors (Lipinski definition) is 6. The van der Waals surface area contributed by atoms with Crippen molar-refractivity contribution in [3.8, 4) is 0 Å². The molecule has 2 aromatic rings. The zero-order valence-electron chi connectivity index (χ0n) is 10.6. The highest BCUT2D eigenvalue weighted by Crippen LogP contribution is 2.32. The highest BCUT2D eigenvalue weighted by Gasteiger charge is 2.07. The summed E-state index contributed by atoms with van der Waals surface area (Å²) in [5.74, 6) is 0. The van der Waals surface area contributed by atoms with Crippen LogP contribution in [0.2, 0.25) is 0 Å². The summed E-state index contributed by atoms with van der Waals surface area (Å²) in [5, 5.41) is 9.19. The van der Waals surface area contributed by atoms with Gasteiger partial charge in [0.15, 0.2) is 4.34 Å². The summed E-state index contributed by atoms with van der Waals surface area (Å²) in [6.07, 6.45) is 0. The van der Waals surface area contributed by atoms with Crippen molar-refractivity contribution in [2.24, 2.45) is 5.73 Å². The minimum atomic E-state index is 0.0749. The minimum Gasteiger partial charge on any atom is -0.353 e. The molecule has 2 N–H and O–H groups in total. The van der Waals surface area contributed by atoms with Crippen molar-refractivity contribution >= 4 is 28.2 Å². The molecule has 1 aromatic heterocycles. The molecule has 0 radical (unpaired) electrons. The highest BCUT2D eigenvalue weighted by atomic mass is 32.2. The second-order valence-corrected chi connectivity index (χ2v) is 6.48. The Kier molecular flexibility index (Phi) is 4.21. The Morgan fingerprint density at radius 3 is 2.39 bits per heavy atom. The summed E-state index contributed by atoms with van der Waals surface area (Å²) in [4.78, 5) is 3.11. The highest BCUT2D eigenvalue weighted by molar-refractivity contribution is 8.01. The summed E-state index contributed by atoms with van der Waals surface area (Å²) >= 11 is 3.21. The van der Waals surface area contributed by atoms with E-state index in [1.54, 1.807) is 23.1 Å². The number of aromatic nitrogens is 2. The maximum absolute atomic E-state index is 5.82. The first-order valence-corrected chi connectivity index (χ1v) is 7.24. The van der Waals surface area contributed by atoms with Crippen LogP contribution in [0.3, 0.4) is 0 Å². The molecule has 1 heterocycles. The van der Waals surface area contributed by atoms with Crippen molar-refractivity contribution in [2.75, 3.05) is 19.0 Å². The fourth-order valence-corrected chi connectivity index (χ4v) is 3.10. The van der Waals surface area contributed by atoms with Crippen molar-refractivity contribution in [3.05, 3.63) is 29.8 Å². The van der Waals surface area contributed by atoms with Crippen LogP contribution in [0.1, 0.15) is 18.5 Å². The molecule has 0 spiro atoms. The lowest BCUT2D eigenvalue weighted by Gasteiger charge is -2.05. The molecule has 0 fully saturated rings. The molecule has 0 saturated carbocycles. The number of nitrogens with two attached hydrogens (primary N) is 1. The van der Waals surface area contributed by atoms with E-state index in [1.165, 1.54) is 0 Å². The summed E-state index contributed by atoms with van der Waals surface area (Å²) in [6, 6.07) is 8.33. The van der Waals surface area contributed by atoms with Crippen LogP contribution >= 0.6 is 23.1 Å². The van der Waals surface area contributed by atoms with Crippen molar-refractivity contribution in [1.82, 2.24) is 10.2 Å². The van der Waals surface area contributed by atoms with E-state index in [0.717, 1.165) is 19.9 Å². The summed E-state index contributed by atoms with van der Waals surface area (Å²) in [5.41, 5.74) is 6.96. The maximum atomic E-state index is 5.82. The van der Waals surface area contributed by atoms with Gasteiger partial charge in [0.1, 0.15) is 0 Å². The van der Waals surface area contributed by atoms with Gasteiger partial charge in [0.05, 0.1) is 0 Å². The lowest BCUT2D eigenvalue weighted by molar-refractivity contribution is 0.817. The molecule has 0 saturated heterocycles. The van der Waals surface area contributed by atoms with E-state index >= 15 is 0 Å². The van der Waals surface area contributed by atoms with Gasteiger partial charge in [-0.25, -0.2) is 0 Å². The molecule has 0 amide bonds. The Labute approximate surface area is 115 Å². The second-order valence-electron chi connectivity index (χ2n) is 4.20. The van der Waals surface area contributed by atoms with Gasteiger partial charge in [-0.15, -0.1) is 10.2 Å². The van der Waals surface area contributed by atoms with Crippen LogP contribution in [-0.2, 0) is 0 Å². The predicted octanol–water partition coefficient (Wildman–Crippen LogP) is 2.78. The van der Waals surface area contributed by atoms with Gasteiger partial charge in [-0.1, -0.05) is 35.2 Å². The zero-order valence-corrected chi connectivity index (χ0v) is 12.3. The summed E-state index contributed by atoms with van der Waals surface area (Å²) in [7, 11) is 3.93. The number of nitrogens with zero attached hydrogens (tertiary/aromatic N) is 3. The van der Waals surface area contributed by atoms with Gasteiger partial charge in [-0.3, -0.25) is 0 Å². The zero-order chi connectivity index (χ0) is 13.1. The molecule has 0 unspecified atom stereocenters. The number of anilines is 1. The van der Waals surface area contributed by atoms with Crippen molar-refractivity contribution in [3.63, 3.8) is 0 Å². The molecule has 0 aliphatic heterocycles. The van der Waals surface area contributed by atoms with Gasteiger partial charge in [-0.05, 0) is 24.6 Å². The molecule has 0 aliphatic rings. The third-order valence-corrected chi connectivity index (χ3v) is 4.54. The smallest absolute Gasteiger partial charge is 0.208 e. The number of rotatable bonds is 4. The molecule has 1 aromatic carbocycles. The van der Waals surface area contributed by atoms with E-state index in [4.69, 9.17) is 5.73 Å². The van der Waals surface area contributed by atoms with Gasteiger partial charge in [-0.2, -0.15) is 0 Å². The first-order valence-electron chi connectivity index (χ1n) is 5.60. The average molecular weight is 280 g/mol. The average Bonchev–Trinajstić information content (AvgIpc) is 2.78. The van der Waals surface area contributed by atoms with Crippen molar-refractivity contribution < 1.29 is 0 Å². The van der Waals surface area contributed by atoms with E-state index in [0.29, 0.717) is 0 Å². The Morgan fingerprint density at radius 1 is 1.22 bits per heavy atom. The summed E-state index contributed by atoms with van der Waals surface area (Å²) < 4.78 is 0.951. The van der Waals surface area contributed by atoms with Crippen LogP contribution in [0.5, 0.6) is 0 Å². The fraction of sp³-hybridized carbons (Fsp3) is 0.333. The topological polar surface area (TPSA) is 55.0 Å². The lowest BCUT2D eigenvalue weighted by atomic mass is 10.1. The molecule has 6 heteroatoms. The largest absolute Gasteiger partial charge is 0.353 e. The monoisotopic (exact) mass is 280 g/mol. The molecule has 4 nitrogen and oxygen atoms in total. The van der Waals surface area contributed by atoms with Crippen molar-refractivity contribution in [2.45, 2.75) is 22.2 Å². The first-order chi connectivity index (χ1) is 8.56. The van der Waals surface area contributed by atoms with Crippen LogP contribution in [0, 0.1) is 0 Å². The molecular weight excluding hydrogens is 264 g/mol. The Morgan fingerprint density at radius 2 is 1.89 bits per heavy atom. The Hall–Kier alpha value is -1.11. The van der Waals surface area contributed by atoms with Gasteiger partial charge >= 0.3 is 0 Å². The third-order valence-electron chi connectivity index (χ3n) is 2.39. The lowest BCUT2D eigenvalue weighted by Crippen LogP contribution is -2.07. The van der Waals surface area contributed by atoms with Gasteiger partial charge in [0.2, 0.25) is 5.13 Å². The van der Waals surface area contributed by atoms with E-state index in [2.05, 4.69) is 34.5 Å². The van der Waals surface area contributed by atoms with Crippen LogP contribution in [0.25, 0.3) is 0 Å². The van der Waals surface area contributed by atoms with Gasteiger partial charge in [0, 0.05) is 25.0 Å². The normalized spacial score (nSPS) is 12.4. The SMILES string of the molecule is C[C@H](N)c1ccc(Sc2nnc(N(C)C)s2)cc1. The molecule has 18 heavy (non-hydrogen) atoms. The van der Waals surface area contributed by atoms with Crippen LogP contribution in [0.15, 0.2) is 33.5 Å². The van der Waals surface area contributed by atoms with Crippen LogP contribution < -0.4 is 10.6 Å². The molecule has 1 atom stereocenters. The minimum absolute atomic E-state index is 0.0749. The van der Waals surface area contributed by atoms with E-state index in [1.807, 2.05) is 25.9 Å². The molecular formula is C12H16N4S2. The maximum Gasteiger partial charge on any atom is 0.208 e. The Bertz CT molecular complexity index is 505. The summed E-state index contributed by atoms with van der Waals surface area (Å²) in [6.45, 7) is 1.98. The number of hydrogen-bond donors (Lipinski definition) is 1. The van der Waals surface area contributed by atoms with E-state index in [-0.39, 0.29) is 6.04 Å². The van der Waals surface area contributed by atoms with E-state index in [9.17, 15) is 0 Å². The predicted molar refractivity (Wildman–Crippen MR) is 77.4 cm³/mol. The quantitative estimate of drug-likeness (QED) is 0.933. The first kappa shape index (κ1) is 13.3. The van der Waals surface area contributed by atoms with Gasteiger partial charge in [0.25, 0.3) is 0 Å². The van der Waals surface area contributed by atoms with E-state index < -0.39 is 0 Å². The fourth-order valence-electron chi connectivity index (χ4n) is 1.36. The standard InChI is InChI=1S/C12H16N4S2/c1-8(13)9-4-6-10(7-5-9)17-12-15-14-11(18-12)16(2)3/h4-8H,13H2,1-3H3/t8-/m0/s1. The molecule has 0 bridgehead atoms. The van der Waals surface area contributed by atoms with Gasteiger partial charge < -0.3 is 10.6 Å². The third kappa shape index (κ3) is 3.22. The Balaban J connectivity index is 2.08. The number of benzene rings is 1. The van der Waals surface area contributed by atoms with Crippen LogP contribution in [-0.4, -0.2) is 24.3 Å². The molecule has 2 rings (SSSR count). The molecule has 96 valence electrons. The van der Waals surface area contributed by atoms with Crippen molar-refractivity contribution in [1.29, 1.82) is 0 Å². The van der Waals surface area contributed by atoms with Crippen LogP contribution in [0.4, 0.5) is 5.13 Å².